The summed E-state index contributed by atoms with van der Waals surface area (Å²) in [6.07, 6.45) is 1.93. The third kappa shape index (κ3) is 6.43. The molecule has 0 heterocycles. The number of oxime groups is 1. The second kappa shape index (κ2) is 9.20. The Kier molecular flexibility index (Phi) is 7.50. The first kappa shape index (κ1) is 16.3. The number of halogens is 1. The number of nitrogens with one attached hydrogen (secondary N) is 1. The van der Waals surface area contributed by atoms with Crippen molar-refractivity contribution in [1.82, 2.24) is 0 Å². The minimum atomic E-state index is -0.684. The van der Waals surface area contributed by atoms with E-state index in [1.54, 1.807) is 24.3 Å². The fourth-order valence-electron chi connectivity index (χ4n) is 1.27. The highest BCUT2D eigenvalue weighted by atomic mass is 35.5. The van der Waals surface area contributed by atoms with Gasteiger partial charge in [0.2, 0.25) is 0 Å². The first-order chi connectivity index (χ1) is 9.65. The first-order valence-electron chi connectivity index (χ1n) is 6.59. The van der Waals surface area contributed by atoms with Gasteiger partial charge in [0.05, 0.1) is 6.61 Å². The van der Waals surface area contributed by atoms with Crippen LogP contribution in [0.15, 0.2) is 29.4 Å². The number of carbonyl (C=O) groups is 1. The molecule has 0 saturated heterocycles. The van der Waals surface area contributed by atoms with Gasteiger partial charge in [-0.05, 0) is 30.7 Å². The molecular formula is C14H19ClN2O3. The maximum Gasteiger partial charge on any atom is 0.437 e. The van der Waals surface area contributed by atoms with Gasteiger partial charge in [-0.3, -0.25) is 10.2 Å². The summed E-state index contributed by atoms with van der Waals surface area (Å²) in [5.41, 5.74) is 0.598. The lowest BCUT2D eigenvalue weighted by molar-refractivity contribution is 0.166. The lowest BCUT2D eigenvalue weighted by Gasteiger charge is -2.07. The summed E-state index contributed by atoms with van der Waals surface area (Å²) in [7, 11) is 0. The van der Waals surface area contributed by atoms with E-state index in [4.69, 9.17) is 16.3 Å². The van der Waals surface area contributed by atoms with Crippen molar-refractivity contribution in [2.24, 2.45) is 5.16 Å². The molecule has 1 rings (SSSR count). The zero-order chi connectivity index (χ0) is 14.8. The van der Waals surface area contributed by atoms with E-state index in [-0.39, 0.29) is 5.17 Å². The number of unbranched alkanes of at least 4 members (excludes halogenated alkanes) is 1. The summed E-state index contributed by atoms with van der Waals surface area (Å²) in [6.45, 7) is 4.61. The molecule has 1 N–H and O–H groups in total. The lowest BCUT2D eigenvalue weighted by atomic mass is 10.3. The maximum absolute atomic E-state index is 11.4. The van der Waals surface area contributed by atoms with E-state index in [9.17, 15) is 4.79 Å². The number of ether oxygens (including phenoxy) is 1. The van der Waals surface area contributed by atoms with Gasteiger partial charge < -0.3 is 4.74 Å². The zero-order valence-electron chi connectivity index (χ0n) is 11.7. The highest BCUT2D eigenvalue weighted by molar-refractivity contribution is 6.65. The minimum absolute atomic E-state index is 0.236. The van der Waals surface area contributed by atoms with Crippen molar-refractivity contribution in [2.75, 3.05) is 11.9 Å². The van der Waals surface area contributed by atoms with E-state index >= 15 is 0 Å². The van der Waals surface area contributed by atoms with Crippen molar-refractivity contribution in [3.63, 3.8) is 0 Å². The molecule has 1 aromatic rings. The van der Waals surface area contributed by atoms with Crippen LogP contribution in [0, 0.1) is 0 Å². The van der Waals surface area contributed by atoms with Crippen molar-refractivity contribution in [3.05, 3.63) is 24.3 Å². The Morgan fingerprint density at radius 3 is 2.60 bits per heavy atom. The summed E-state index contributed by atoms with van der Waals surface area (Å²) < 4.78 is 5.52. The Morgan fingerprint density at radius 1 is 1.30 bits per heavy atom. The van der Waals surface area contributed by atoms with E-state index < -0.39 is 6.09 Å². The van der Waals surface area contributed by atoms with Gasteiger partial charge in [-0.2, -0.15) is 0 Å². The lowest BCUT2D eigenvalue weighted by Crippen LogP contribution is -2.11. The Balaban J connectivity index is 2.42. The molecule has 1 aromatic carbocycles. The van der Waals surface area contributed by atoms with Crippen molar-refractivity contribution in [2.45, 2.75) is 33.1 Å². The molecule has 0 bridgehead atoms. The van der Waals surface area contributed by atoms with Crippen LogP contribution < -0.4 is 10.1 Å². The van der Waals surface area contributed by atoms with Crippen LogP contribution in [0.25, 0.3) is 0 Å². The van der Waals surface area contributed by atoms with E-state index in [2.05, 4.69) is 22.2 Å². The van der Waals surface area contributed by atoms with Gasteiger partial charge in [-0.1, -0.05) is 37.0 Å². The van der Waals surface area contributed by atoms with Crippen molar-refractivity contribution in [3.8, 4) is 5.75 Å². The van der Waals surface area contributed by atoms with Gasteiger partial charge in [-0.25, -0.2) is 4.79 Å². The molecule has 110 valence electrons. The SMILES string of the molecule is CCCCOc1ccc(NC(=O)O/N=C(\Cl)CC)cc1. The molecule has 0 radical (unpaired) electrons. The Labute approximate surface area is 123 Å². The summed E-state index contributed by atoms with van der Waals surface area (Å²) in [5.74, 6) is 0.768. The molecule has 0 aliphatic heterocycles. The smallest absolute Gasteiger partial charge is 0.437 e. The van der Waals surface area contributed by atoms with Gasteiger partial charge in [-0.15, -0.1) is 0 Å². The predicted octanol–water partition coefficient (Wildman–Crippen LogP) is 4.38. The number of nitrogens with zero attached hydrogens (tertiary/aromatic N) is 1. The molecule has 0 unspecified atom stereocenters. The molecule has 0 aliphatic carbocycles. The molecule has 0 saturated carbocycles. The molecular weight excluding hydrogens is 280 g/mol. The Hall–Kier alpha value is -1.75. The highest BCUT2D eigenvalue weighted by Crippen LogP contribution is 2.16. The monoisotopic (exact) mass is 298 g/mol. The first-order valence-corrected chi connectivity index (χ1v) is 6.96. The highest BCUT2D eigenvalue weighted by Gasteiger charge is 2.03. The number of carbonyl (C=O) groups excluding carboxylic acids is 1. The molecule has 6 heteroatoms. The molecule has 5 nitrogen and oxygen atoms in total. The van der Waals surface area contributed by atoms with Crippen LogP contribution in [0.3, 0.4) is 0 Å². The molecule has 0 atom stereocenters. The Bertz CT molecular complexity index is 446. The molecule has 1 amide bonds. The van der Waals surface area contributed by atoms with Gasteiger partial charge in [0.15, 0.2) is 0 Å². The summed E-state index contributed by atoms with van der Waals surface area (Å²) in [5, 5.41) is 6.22. The third-order valence-electron chi connectivity index (χ3n) is 2.39. The molecule has 20 heavy (non-hydrogen) atoms. The van der Waals surface area contributed by atoms with Gasteiger partial charge in [0.1, 0.15) is 10.9 Å². The van der Waals surface area contributed by atoms with Crippen molar-refractivity contribution < 1.29 is 14.4 Å². The van der Waals surface area contributed by atoms with E-state index in [0.29, 0.717) is 18.7 Å². The van der Waals surface area contributed by atoms with E-state index in [1.165, 1.54) is 0 Å². The number of anilines is 1. The second-order valence-electron chi connectivity index (χ2n) is 4.05. The Morgan fingerprint density at radius 2 is 2.00 bits per heavy atom. The van der Waals surface area contributed by atoms with Gasteiger partial charge in [0, 0.05) is 12.1 Å². The number of hydrogen-bond acceptors (Lipinski definition) is 4. The number of benzene rings is 1. The molecule has 0 aliphatic rings. The van der Waals surface area contributed by atoms with Crippen molar-refractivity contribution >= 4 is 28.6 Å². The second-order valence-corrected chi connectivity index (χ2v) is 4.49. The van der Waals surface area contributed by atoms with Crippen LogP contribution in [0.4, 0.5) is 10.5 Å². The summed E-state index contributed by atoms with van der Waals surface area (Å²) >= 11 is 5.62. The molecule has 0 spiro atoms. The zero-order valence-corrected chi connectivity index (χ0v) is 12.4. The third-order valence-corrected chi connectivity index (χ3v) is 2.72. The van der Waals surface area contributed by atoms with Crippen LogP contribution in [-0.2, 0) is 4.84 Å². The van der Waals surface area contributed by atoms with Crippen LogP contribution in [0.5, 0.6) is 5.75 Å². The quantitative estimate of drug-likeness (QED) is 0.352. The van der Waals surface area contributed by atoms with Crippen LogP contribution in [-0.4, -0.2) is 17.9 Å². The number of amides is 1. The van der Waals surface area contributed by atoms with Crippen LogP contribution in [0.1, 0.15) is 33.1 Å². The predicted molar refractivity (Wildman–Crippen MR) is 80.5 cm³/mol. The fourth-order valence-corrected chi connectivity index (χ4v) is 1.30. The van der Waals surface area contributed by atoms with Gasteiger partial charge in [0.25, 0.3) is 0 Å². The maximum atomic E-state index is 11.4. The van der Waals surface area contributed by atoms with Gasteiger partial charge >= 0.3 is 6.09 Å². The number of hydrogen-bond donors (Lipinski definition) is 1. The minimum Gasteiger partial charge on any atom is -0.494 e. The largest absolute Gasteiger partial charge is 0.494 e. The van der Waals surface area contributed by atoms with Crippen LogP contribution >= 0.6 is 11.6 Å². The average Bonchev–Trinajstić information content (AvgIpc) is 2.47. The average molecular weight is 299 g/mol. The number of rotatable bonds is 7. The standard InChI is InChI=1S/C14H19ClN2O3/c1-3-5-10-19-12-8-6-11(7-9-12)16-14(18)20-17-13(15)4-2/h6-9H,3-5,10H2,1-2H3,(H,16,18)/b17-13-. The van der Waals surface area contributed by atoms with Crippen LogP contribution in [0.2, 0.25) is 0 Å². The van der Waals surface area contributed by atoms with Crippen molar-refractivity contribution in [1.29, 1.82) is 0 Å². The molecule has 0 fully saturated rings. The van der Waals surface area contributed by atoms with E-state index in [0.717, 1.165) is 18.6 Å². The topological polar surface area (TPSA) is 59.9 Å². The fraction of sp³-hybridized carbons (Fsp3) is 0.429. The van der Waals surface area contributed by atoms with E-state index in [1.807, 2.05) is 6.92 Å². The summed E-state index contributed by atoms with van der Waals surface area (Å²) in [6, 6.07) is 7.03. The summed E-state index contributed by atoms with van der Waals surface area (Å²) in [4.78, 5) is 16.0. The molecule has 0 aromatic heterocycles. The normalized spacial score (nSPS) is 11.1.